The van der Waals surface area contributed by atoms with Gasteiger partial charge in [-0.1, -0.05) is 62.6 Å². The van der Waals surface area contributed by atoms with Crippen molar-refractivity contribution in [3.05, 3.63) is 65.7 Å². The number of pyridine rings is 1. The number of hydrogen-bond acceptors (Lipinski definition) is 6. The number of amides is 4. The number of hydrogen-bond donors (Lipinski definition) is 3. The zero-order valence-corrected chi connectivity index (χ0v) is 21.1. The highest BCUT2D eigenvalue weighted by Crippen LogP contribution is 2.31. The van der Waals surface area contributed by atoms with Crippen molar-refractivity contribution in [3.63, 3.8) is 0 Å². The zero-order valence-electron chi connectivity index (χ0n) is 21.1. The number of ketones is 1. The number of aromatic nitrogens is 1. The summed E-state index contributed by atoms with van der Waals surface area (Å²) in [5, 5.41) is 7.79. The van der Waals surface area contributed by atoms with E-state index < -0.39 is 59.3 Å². The van der Waals surface area contributed by atoms with Crippen molar-refractivity contribution in [2.24, 2.45) is 17.8 Å². The van der Waals surface area contributed by atoms with Crippen molar-refractivity contribution in [2.75, 3.05) is 0 Å². The molecule has 1 saturated heterocycles. The van der Waals surface area contributed by atoms with Gasteiger partial charge in [0.05, 0.1) is 24.4 Å². The number of benzene rings is 1. The van der Waals surface area contributed by atoms with Crippen LogP contribution in [0.15, 0.2) is 48.5 Å². The summed E-state index contributed by atoms with van der Waals surface area (Å²) >= 11 is 0. The summed E-state index contributed by atoms with van der Waals surface area (Å²) in [6.45, 7) is 1.53. The van der Waals surface area contributed by atoms with Gasteiger partial charge >= 0.3 is 0 Å². The van der Waals surface area contributed by atoms with E-state index in [0.29, 0.717) is 5.56 Å². The number of carbonyl (C=O) groups is 5. The Balaban J connectivity index is 1.53. The molecule has 0 unspecified atom stereocenters. The molecule has 10 heteroatoms. The van der Waals surface area contributed by atoms with E-state index in [1.165, 1.54) is 19.1 Å². The summed E-state index contributed by atoms with van der Waals surface area (Å²) in [7, 11) is 0. The molecule has 2 fully saturated rings. The Morgan fingerprint density at radius 3 is 2.32 bits per heavy atom. The number of nitrogens with one attached hydrogen (secondary N) is 3. The first-order valence-corrected chi connectivity index (χ1v) is 12.9. The van der Waals surface area contributed by atoms with Gasteiger partial charge in [0.2, 0.25) is 23.7 Å². The van der Waals surface area contributed by atoms with Crippen LogP contribution in [-0.4, -0.2) is 40.4 Å². The van der Waals surface area contributed by atoms with Crippen LogP contribution >= 0.6 is 0 Å². The first-order valence-electron chi connectivity index (χ1n) is 12.9. The number of halogens is 1. The quantitative estimate of drug-likeness (QED) is 0.263. The summed E-state index contributed by atoms with van der Waals surface area (Å²) in [6, 6.07) is 11.0. The van der Waals surface area contributed by atoms with E-state index in [1.807, 2.05) is 0 Å². The Kier molecular flexibility index (Phi) is 8.60. The van der Waals surface area contributed by atoms with E-state index in [9.17, 15) is 28.4 Å². The van der Waals surface area contributed by atoms with Gasteiger partial charge in [0.15, 0.2) is 5.78 Å². The second-order valence-electron chi connectivity index (χ2n) is 9.95. The first kappa shape index (κ1) is 27.1. The third-order valence-corrected chi connectivity index (χ3v) is 7.34. The molecular weight excluding hydrogens is 491 g/mol. The molecule has 1 aliphatic carbocycles. The van der Waals surface area contributed by atoms with Gasteiger partial charge in [-0.25, -0.2) is 4.98 Å². The van der Waals surface area contributed by atoms with E-state index in [-0.39, 0.29) is 18.0 Å². The van der Waals surface area contributed by atoms with Gasteiger partial charge in [0.1, 0.15) is 11.6 Å². The van der Waals surface area contributed by atoms with Crippen LogP contribution in [0.3, 0.4) is 0 Å². The fourth-order valence-corrected chi connectivity index (χ4v) is 5.27. The maximum absolute atomic E-state index is 13.6. The average molecular weight is 523 g/mol. The highest BCUT2D eigenvalue weighted by atomic mass is 19.1. The lowest BCUT2D eigenvalue weighted by Gasteiger charge is -2.32. The normalized spacial score (nSPS) is 21.3. The molecule has 1 aromatic carbocycles. The zero-order chi connectivity index (χ0) is 27.2. The molecule has 4 rings (SSSR count). The summed E-state index contributed by atoms with van der Waals surface area (Å²) < 4.78 is 13.6. The lowest BCUT2D eigenvalue weighted by Crippen LogP contribution is -2.51. The fourth-order valence-electron chi connectivity index (χ4n) is 5.27. The summed E-state index contributed by atoms with van der Waals surface area (Å²) in [5.74, 6) is -5.67. The van der Waals surface area contributed by atoms with Crippen molar-refractivity contribution in [2.45, 2.75) is 57.5 Å². The molecule has 1 saturated carbocycles. The van der Waals surface area contributed by atoms with E-state index in [4.69, 9.17) is 0 Å². The third kappa shape index (κ3) is 6.30. The van der Waals surface area contributed by atoms with E-state index in [1.54, 1.807) is 30.3 Å². The molecule has 0 radical (unpaired) electrons. The van der Waals surface area contributed by atoms with Gasteiger partial charge in [-0.2, -0.15) is 4.39 Å². The number of imide groups is 1. The molecule has 2 aliphatic rings. The highest BCUT2D eigenvalue weighted by Gasteiger charge is 2.47. The number of carbonyl (C=O) groups excluding carboxylic acids is 5. The Bertz CT molecular complexity index is 1210. The number of rotatable bonds is 9. The summed E-state index contributed by atoms with van der Waals surface area (Å²) in [4.78, 5) is 67.7. The average Bonchev–Trinajstić information content (AvgIpc) is 3.18. The van der Waals surface area contributed by atoms with Gasteiger partial charge in [-0.15, -0.1) is 0 Å². The van der Waals surface area contributed by atoms with Crippen LogP contribution < -0.4 is 16.0 Å². The smallest absolute Gasteiger partial charge is 0.270 e. The maximum Gasteiger partial charge on any atom is 0.270 e. The molecule has 0 spiro atoms. The van der Waals surface area contributed by atoms with Crippen molar-refractivity contribution in [1.82, 2.24) is 20.9 Å². The number of Topliss-reactive ketones (excluding diaryl/α,β-unsaturated/α-hetero) is 1. The van der Waals surface area contributed by atoms with Crippen LogP contribution in [0, 0.1) is 23.7 Å². The molecule has 38 heavy (non-hydrogen) atoms. The van der Waals surface area contributed by atoms with Crippen molar-refractivity contribution in [3.8, 4) is 0 Å². The van der Waals surface area contributed by atoms with Gasteiger partial charge < -0.3 is 10.6 Å². The largest absolute Gasteiger partial charge is 0.346 e. The molecule has 200 valence electrons. The van der Waals surface area contributed by atoms with Crippen LogP contribution in [0.2, 0.25) is 0 Å². The van der Waals surface area contributed by atoms with Crippen molar-refractivity contribution >= 4 is 29.4 Å². The second kappa shape index (κ2) is 12.1. The number of nitrogens with zero attached hydrogens (tertiary/aromatic N) is 1. The predicted molar refractivity (Wildman–Crippen MR) is 135 cm³/mol. The summed E-state index contributed by atoms with van der Waals surface area (Å²) in [6.07, 6.45) is 4.07. The Morgan fingerprint density at radius 2 is 1.68 bits per heavy atom. The minimum Gasteiger partial charge on any atom is -0.346 e. The molecule has 3 N–H and O–H groups in total. The van der Waals surface area contributed by atoms with Gasteiger partial charge in [-0.05, 0) is 36.5 Å². The predicted octanol–water partition coefficient (Wildman–Crippen LogP) is 2.62. The fraction of sp³-hybridized carbons (Fsp3) is 0.429. The van der Waals surface area contributed by atoms with Gasteiger partial charge in [0, 0.05) is 0 Å². The molecule has 2 aromatic rings. The standard InChI is InChI=1S/C28H31FN4O5/c1-16-23(28(38)33-26(16)36)25(35)24(18-11-6-3-7-12-18)32-22(34)15-20(17-9-4-2-5-10-17)31-27(37)19-13-8-14-21(29)30-19/h2,4-5,8-10,13-14,16,18,20,23-24H,3,6-7,11-12,15H2,1H3,(H,31,37)(H,32,34)(H,33,36,38)/t16-,20-,23+,24-/m0/s1. The molecular formula is C28H31FN4O5. The molecule has 4 amide bonds. The summed E-state index contributed by atoms with van der Waals surface area (Å²) in [5.41, 5.74) is 0.509. The molecule has 0 bridgehead atoms. The van der Waals surface area contributed by atoms with Crippen LogP contribution in [-0.2, 0) is 19.2 Å². The molecule has 1 aliphatic heterocycles. The Hall–Kier alpha value is -3.95. The van der Waals surface area contributed by atoms with E-state index in [0.717, 1.165) is 38.2 Å². The van der Waals surface area contributed by atoms with Crippen LogP contribution in [0.25, 0.3) is 0 Å². The maximum atomic E-state index is 13.6. The van der Waals surface area contributed by atoms with Crippen LogP contribution in [0.4, 0.5) is 4.39 Å². The molecule has 2 heterocycles. The minimum atomic E-state index is -1.15. The molecule has 4 atom stereocenters. The van der Waals surface area contributed by atoms with E-state index >= 15 is 0 Å². The van der Waals surface area contributed by atoms with Crippen LogP contribution in [0.1, 0.15) is 67.5 Å². The lowest BCUT2D eigenvalue weighted by molar-refractivity contribution is -0.138. The Morgan fingerprint density at radius 1 is 0.974 bits per heavy atom. The topological polar surface area (TPSA) is 134 Å². The van der Waals surface area contributed by atoms with Crippen molar-refractivity contribution in [1.29, 1.82) is 0 Å². The van der Waals surface area contributed by atoms with E-state index in [2.05, 4.69) is 20.9 Å². The Labute approximate surface area is 220 Å². The third-order valence-electron chi connectivity index (χ3n) is 7.34. The monoisotopic (exact) mass is 522 g/mol. The minimum absolute atomic E-state index is 0.132. The van der Waals surface area contributed by atoms with Gasteiger partial charge in [0.25, 0.3) is 5.91 Å². The second-order valence-corrected chi connectivity index (χ2v) is 9.95. The lowest BCUT2D eigenvalue weighted by atomic mass is 9.77. The molecule has 9 nitrogen and oxygen atoms in total. The molecule has 1 aromatic heterocycles. The van der Waals surface area contributed by atoms with Gasteiger partial charge in [-0.3, -0.25) is 29.3 Å². The van der Waals surface area contributed by atoms with Crippen molar-refractivity contribution < 1.29 is 28.4 Å². The van der Waals surface area contributed by atoms with Crippen LogP contribution in [0.5, 0.6) is 0 Å². The SMILES string of the molecule is C[C@@H]1C(=O)NC(=O)[C@H]1C(=O)[C@@H](NC(=O)C[C@H](NC(=O)c1cccc(F)n1)c1ccccc1)C1CCCCC1. The highest BCUT2D eigenvalue weighted by molar-refractivity contribution is 6.16. The first-order chi connectivity index (χ1) is 18.2.